The molecule has 0 amide bonds. The number of carbonyl (C=O) groups excluding carboxylic acids is 1. The highest BCUT2D eigenvalue weighted by molar-refractivity contribution is 5.97. The van der Waals surface area contributed by atoms with Crippen molar-refractivity contribution in [2.45, 2.75) is 18.6 Å². The lowest BCUT2D eigenvalue weighted by Gasteiger charge is -2.37. The van der Waals surface area contributed by atoms with Gasteiger partial charge in [0.2, 0.25) is 0 Å². The molecule has 2 saturated heterocycles. The monoisotopic (exact) mass is 286 g/mol. The Morgan fingerprint density at radius 3 is 2.38 bits per heavy atom. The van der Waals surface area contributed by atoms with Crippen molar-refractivity contribution in [1.82, 2.24) is 4.90 Å². The predicted molar refractivity (Wildman–Crippen MR) is 75.8 cm³/mol. The molecule has 1 aromatic carbocycles. The van der Waals surface area contributed by atoms with Gasteiger partial charge in [-0.1, -0.05) is 12.1 Å². The summed E-state index contributed by atoms with van der Waals surface area (Å²) in [6.45, 7) is 3.36. The fourth-order valence-electron chi connectivity index (χ4n) is 2.86. The van der Waals surface area contributed by atoms with Gasteiger partial charge in [-0.25, -0.2) is 0 Å². The summed E-state index contributed by atoms with van der Waals surface area (Å²) in [6.07, 6.45) is 1.63. The Kier molecular flexibility index (Phi) is 4.02. The van der Waals surface area contributed by atoms with Crippen molar-refractivity contribution in [2.24, 2.45) is 0 Å². The number of ketones is 1. The van der Waals surface area contributed by atoms with Gasteiger partial charge in [0, 0.05) is 31.5 Å². The van der Waals surface area contributed by atoms with Crippen LogP contribution in [0.3, 0.4) is 0 Å². The number of hydrogen-bond acceptors (Lipinski definition) is 5. The molecule has 1 spiro atoms. The number of nitrogens with zero attached hydrogens (tertiary/aromatic N) is 2. The highest BCUT2D eigenvalue weighted by Crippen LogP contribution is 2.31. The minimum atomic E-state index is -0.395. The van der Waals surface area contributed by atoms with Gasteiger partial charge in [-0.3, -0.25) is 9.69 Å². The fraction of sp³-hybridized carbons (Fsp3) is 0.500. The summed E-state index contributed by atoms with van der Waals surface area (Å²) in [5, 5.41) is 8.76. The van der Waals surface area contributed by atoms with E-state index < -0.39 is 5.79 Å². The fourth-order valence-corrected chi connectivity index (χ4v) is 2.86. The van der Waals surface area contributed by atoms with Crippen molar-refractivity contribution in [3.8, 4) is 6.07 Å². The average molecular weight is 286 g/mol. The highest BCUT2D eigenvalue weighted by Gasteiger charge is 2.39. The summed E-state index contributed by atoms with van der Waals surface area (Å²) in [4.78, 5) is 14.4. The third-order valence-corrected chi connectivity index (χ3v) is 4.13. The molecule has 0 aromatic heterocycles. The smallest absolute Gasteiger partial charge is 0.176 e. The number of rotatable bonds is 3. The second kappa shape index (κ2) is 5.94. The molecule has 5 nitrogen and oxygen atoms in total. The first-order chi connectivity index (χ1) is 10.2. The molecule has 0 atom stereocenters. The Bertz CT molecular complexity index is 546. The lowest BCUT2D eigenvalue weighted by Crippen LogP contribution is -2.46. The zero-order valence-corrected chi connectivity index (χ0v) is 11.9. The van der Waals surface area contributed by atoms with Crippen LogP contribution >= 0.6 is 0 Å². The molecule has 2 aliphatic rings. The number of likely N-dealkylation sites (tertiary alicyclic amines) is 1. The summed E-state index contributed by atoms with van der Waals surface area (Å²) in [7, 11) is 0. The number of ether oxygens (including phenoxy) is 2. The van der Waals surface area contributed by atoms with Crippen molar-refractivity contribution < 1.29 is 14.3 Å². The van der Waals surface area contributed by atoms with E-state index in [-0.39, 0.29) is 5.78 Å². The van der Waals surface area contributed by atoms with Gasteiger partial charge in [0.15, 0.2) is 11.6 Å². The Balaban J connectivity index is 1.55. The van der Waals surface area contributed by atoms with E-state index in [4.69, 9.17) is 14.7 Å². The molecule has 3 rings (SSSR count). The Morgan fingerprint density at radius 1 is 1.19 bits per heavy atom. The van der Waals surface area contributed by atoms with Crippen LogP contribution in [0.4, 0.5) is 0 Å². The van der Waals surface area contributed by atoms with E-state index in [1.54, 1.807) is 24.3 Å². The summed E-state index contributed by atoms with van der Waals surface area (Å²) >= 11 is 0. The number of benzene rings is 1. The molecule has 2 heterocycles. The molecule has 0 bridgehead atoms. The third kappa shape index (κ3) is 3.13. The molecule has 1 aromatic rings. The van der Waals surface area contributed by atoms with Crippen molar-refractivity contribution in [1.29, 1.82) is 5.26 Å². The first-order valence-corrected chi connectivity index (χ1v) is 7.24. The summed E-state index contributed by atoms with van der Waals surface area (Å²) in [5.74, 6) is -0.308. The van der Waals surface area contributed by atoms with Gasteiger partial charge in [0.05, 0.1) is 31.4 Å². The van der Waals surface area contributed by atoms with E-state index in [1.807, 2.05) is 0 Å². The van der Waals surface area contributed by atoms with Crippen molar-refractivity contribution in [2.75, 3.05) is 32.8 Å². The lowest BCUT2D eigenvalue weighted by molar-refractivity contribution is -0.184. The molecule has 0 radical (unpaired) electrons. The maximum Gasteiger partial charge on any atom is 0.176 e. The SMILES string of the molecule is N#Cc1ccc(C(=O)CN2CCC3(CC2)OCCO3)cc1. The maximum atomic E-state index is 12.2. The highest BCUT2D eigenvalue weighted by atomic mass is 16.7. The van der Waals surface area contributed by atoms with E-state index in [1.165, 1.54) is 0 Å². The van der Waals surface area contributed by atoms with Crippen molar-refractivity contribution >= 4 is 5.78 Å². The molecule has 2 aliphatic heterocycles. The van der Waals surface area contributed by atoms with Crippen molar-refractivity contribution in [3.05, 3.63) is 35.4 Å². The zero-order chi connectivity index (χ0) is 14.7. The molecule has 21 heavy (non-hydrogen) atoms. The lowest BCUT2D eigenvalue weighted by atomic mass is 10.0. The third-order valence-electron chi connectivity index (χ3n) is 4.13. The van der Waals surface area contributed by atoms with Gasteiger partial charge in [-0.15, -0.1) is 0 Å². The quantitative estimate of drug-likeness (QED) is 0.789. The largest absolute Gasteiger partial charge is 0.347 e. The molecular formula is C16H18N2O3. The van der Waals surface area contributed by atoms with Crippen LogP contribution in [-0.4, -0.2) is 49.3 Å². The molecule has 0 saturated carbocycles. The van der Waals surface area contributed by atoms with Crippen LogP contribution in [0.2, 0.25) is 0 Å². The van der Waals surface area contributed by atoms with E-state index in [2.05, 4.69) is 11.0 Å². The second-order valence-electron chi connectivity index (χ2n) is 5.50. The van der Waals surface area contributed by atoms with Gasteiger partial charge in [-0.2, -0.15) is 5.26 Å². The van der Waals surface area contributed by atoms with Crippen LogP contribution in [0, 0.1) is 11.3 Å². The summed E-state index contributed by atoms with van der Waals surface area (Å²) in [6, 6.07) is 8.85. The van der Waals surface area contributed by atoms with Crippen LogP contribution in [0.5, 0.6) is 0 Å². The van der Waals surface area contributed by atoms with Gasteiger partial charge >= 0.3 is 0 Å². The van der Waals surface area contributed by atoms with Crippen LogP contribution < -0.4 is 0 Å². The van der Waals surface area contributed by atoms with E-state index >= 15 is 0 Å². The number of Topliss-reactive ketones (excluding diaryl/α,β-unsaturated/α-hetero) is 1. The van der Waals surface area contributed by atoms with Crippen LogP contribution in [0.1, 0.15) is 28.8 Å². The van der Waals surface area contributed by atoms with Gasteiger partial charge in [-0.05, 0) is 12.1 Å². The van der Waals surface area contributed by atoms with E-state index in [0.717, 1.165) is 25.9 Å². The molecule has 0 N–H and O–H groups in total. The Labute approximate surface area is 124 Å². The number of nitriles is 1. The number of hydrogen-bond donors (Lipinski definition) is 0. The Hall–Kier alpha value is -1.74. The Morgan fingerprint density at radius 2 is 1.81 bits per heavy atom. The van der Waals surface area contributed by atoms with Crippen LogP contribution in [0.25, 0.3) is 0 Å². The van der Waals surface area contributed by atoms with Gasteiger partial charge < -0.3 is 9.47 Å². The van der Waals surface area contributed by atoms with Gasteiger partial charge in [0.25, 0.3) is 0 Å². The standard InChI is InChI=1S/C16H18N2O3/c17-11-13-1-3-14(4-2-13)15(19)12-18-7-5-16(6-8-18)20-9-10-21-16/h1-4H,5-10,12H2. The molecule has 5 heteroatoms. The van der Waals surface area contributed by atoms with Gasteiger partial charge in [0.1, 0.15) is 0 Å². The van der Waals surface area contributed by atoms with E-state index in [9.17, 15) is 4.79 Å². The minimum absolute atomic E-state index is 0.0868. The zero-order valence-electron chi connectivity index (χ0n) is 11.9. The second-order valence-corrected chi connectivity index (χ2v) is 5.50. The molecule has 0 aliphatic carbocycles. The maximum absolute atomic E-state index is 12.2. The normalized spacial score (nSPS) is 21.3. The average Bonchev–Trinajstić information content (AvgIpc) is 2.98. The molecule has 0 unspecified atom stereocenters. The minimum Gasteiger partial charge on any atom is -0.347 e. The predicted octanol–water partition coefficient (Wildman–Crippen LogP) is 1.58. The number of piperidine rings is 1. The molecular weight excluding hydrogens is 268 g/mol. The molecule has 2 fully saturated rings. The van der Waals surface area contributed by atoms with Crippen LogP contribution in [0.15, 0.2) is 24.3 Å². The first-order valence-electron chi connectivity index (χ1n) is 7.24. The number of carbonyl (C=O) groups is 1. The summed E-state index contributed by atoms with van der Waals surface area (Å²) < 4.78 is 11.4. The topological polar surface area (TPSA) is 62.6 Å². The van der Waals surface area contributed by atoms with Crippen molar-refractivity contribution in [3.63, 3.8) is 0 Å². The first kappa shape index (κ1) is 14.2. The van der Waals surface area contributed by atoms with Crippen LogP contribution in [-0.2, 0) is 9.47 Å². The molecule has 110 valence electrons. The summed E-state index contributed by atoms with van der Waals surface area (Å²) in [5.41, 5.74) is 1.23. The van der Waals surface area contributed by atoms with E-state index in [0.29, 0.717) is 30.9 Å².